The maximum Gasteiger partial charge on any atom is 0.161 e. The van der Waals surface area contributed by atoms with Gasteiger partial charge in [-0.2, -0.15) is 0 Å². The van der Waals surface area contributed by atoms with Gasteiger partial charge in [0.15, 0.2) is 80.5 Å². The van der Waals surface area contributed by atoms with E-state index in [-0.39, 0.29) is 181 Å². The van der Waals surface area contributed by atoms with Gasteiger partial charge in [0, 0.05) is 24.0 Å². The fourth-order valence-electron chi connectivity index (χ4n) is 16.2. The SMILES string of the molecule is CC1(C)COCC(O)COc2ccccc2OCC(O)COC1.CC1(C)OCC(O)COc2ccccc2OCC(O)COC1(C)C.CCC1(CC)COCC(O)COc2ccccc2OCC(O)COC1.OC1COCCCCOCC(O)COc2ccccc2OC1.OC1COc2ccccc2OCC(O)COC2(CCCC2)C2(CCCC2)OC1.OC1COc2ccccc2OCC(O)COc2ccccc2OC1. The molecule has 0 aromatic heterocycles. The third-order valence-corrected chi connectivity index (χ3v) is 25.5. The second kappa shape index (κ2) is 62.5. The molecule has 7 aromatic carbocycles. The van der Waals surface area contributed by atoms with Crippen LogP contribution in [-0.2, 0) is 47.4 Å². The summed E-state index contributed by atoms with van der Waals surface area (Å²) < 4.78 is 137. The van der Waals surface area contributed by atoms with Crippen molar-refractivity contribution in [3.63, 3.8) is 0 Å². The molecule has 2 spiro atoms. The molecule has 2 fully saturated rings. The van der Waals surface area contributed by atoms with Crippen molar-refractivity contribution in [3.8, 4) is 80.5 Å². The lowest BCUT2D eigenvalue weighted by molar-refractivity contribution is -0.222. The van der Waals surface area contributed by atoms with Crippen LogP contribution in [0.1, 0.15) is 132 Å². The Morgan fingerprint density at radius 2 is 0.356 bits per heavy atom. The molecule has 0 saturated heterocycles. The van der Waals surface area contributed by atoms with Gasteiger partial charge in [0.25, 0.3) is 0 Å². The zero-order valence-corrected chi connectivity index (χ0v) is 86.0. The molecule has 12 N–H and O–H groups in total. The van der Waals surface area contributed by atoms with Gasteiger partial charge in [0.2, 0.25) is 0 Å². The lowest BCUT2D eigenvalue weighted by Crippen LogP contribution is -2.56. The molecule has 15 rings (SSSR count). The van der Waals surface area contributed by atoms with Crippen LogP contribution in [-0.4, -0.2) is 355 Å². The summed E-state index contributed by atoms with van der Waals surface area (Å²) in [7, 11) is 0. The maximum absolute atomic E-state index is 10.5. The number of hydrogen-bond donors (Lipinski definition) is 12. The predicted molar refractivity (Wildman–Crippen MR) is 539 cm³/mol. The largest absolute Gasteiger partial charge is 0.487 e. The molecule has 2 saturated carbocycles. The first-order valence-electron chi connectivity index (χ1n) is 51.0. The van der Waals surface area contributed by atoms with Crippen LogP contribution < -0.4 is 66.3 Å². The van der Waals surface area contributed by atoms with E-state index in [0.717, 1.165) is 77.0 Å². The molecule has 7 aromatic rings. The third kappa shape index (κ3) is 41.0. The minimum atomic E-state index is -0.806. The number of benzene rings is 7. The summed E-state index contributed by atoms with van der Waals surface area (Å²) in [5.74, 6) is 7.30. The summed E-state index contributed by atoms with van der Waals surface area (Å²) in [5.41, 5.74) is -2.40. The van der Waals surface area contributed by atoms with Crippen molar-refractivity contribution in [2.24, 2.45) is 10.8 Å². The average molecular weight is 2060 g/mol. The highest BCUT2D eigenvalue weighted by Gasteiger charge is 2.56. The predicted octanol–water partition coefficient (Wildman–Crippen LogP) is 10.5. The van der Waals surface area contributed by atoms with Crippen molar-refractivity contribution in [1.82, 2.24) is 0 Å². The highest BCUT2D eigenvalue weighted by Crippen LogP contribution is 2.52. The number of ether oxygens (including phenoxy) is 24. The quantitative estimate of drug-likeness (QED) is 0.0765. The van der Waals surface area contributed by atoms with Crippen molar-refractivity contribution in [2.75, 3.05) is 198 Å². The molecule has 6 heterocycles. The number of hydrogen-bond acceptors (Lipinski definition) is 36. The van der Waals surface area contributed by atoms with E-state index in [2.05, 4.69) is 13.8 Å². The van der Waals surface area contributed by atoms with Crippen LogP contribution in [0.4, 0.5) is 0 Å². The topological polar surface area (TPSA) is 464 Å². The van der Waals surface area contributed by atoms with E-state index in [1.54, 1.807) is 84.9 Å². The molecule has 36 heteroatoms. The highest BCUT2D eigenvalue weighted by atomic mass is 16.6. The van der Waals surface area contributed by atoms with Crippen LogP contribution in [0.5, 0.6) is 80.5 Å². The van der Waals surface area contributed by atoms with Crippen molar-refractivity contribution >= 4 is 0 Å². The smallest absolute Gasteiger partial charge is 0.161 e. The number of aliphatic hydroxyl groups is 12. The van der Waals surface area contributed by atoms with Crippen molar-refractivity contribution in [1.29, 1.82) is 0 Å². The zero-order valence-electron chi connectivity index (χ0n) is 86.0. The summed E-state index contributed by atoms with van der Waals surface area (Å²) in [4.78, 5) is 0. The molecule has 8 aliphatic rings. The Balaban J connectivity index is 0.000000180. The van der Waals surface area contributed by atoms with Crippen molar-refractivity contribution in [3.05, 3.63) is 170 Å². The van der Waals surface area contributed by atoms with E-state index in [9.17, 15) is 61.3 Å². The molecule has 146 heavy (non-hydrogen) atoms. The second-order valence-corrected chi connectivity index (χ2v) is 39.3. The van der Waals surface area contributed by atoms with Crippen molar-refractivity contribution in [2.45, 2.75) is 228 Å². The van der Waals surface area contributed by atoms with Gasteiger partial charge in [-0.1, -0.05) is 138 Å². The molecular weight excluding hydrogens is 1900 g/mol. The number of rotatable bonds is 2. The Labute approximate surface area is 858 Å². The van der Waals surface area contributed by atoms with Gasteiger partial charge in [-0.05, 0) is 164 Å². The molecular formula is C110H160O36. The standard InChI is InChI=1S/C22H32O6.C19H30O6.C18H20O6.C18H28O6.C17H26O6.C16H24O6/c23-17-13-25-19-7-1-2-8-20(19)26-14-18(24)16-28-22(11-5-6-12-22)21(27-15-17)9-3-4-10-21;1-3-19(4-2)13-22-9-15(20)11-24-17-7-5-6-8-18(17)25-12-16(21)10-23-14-19;19-13-9-21-15-5-1-2-6-16(15)22-10-14(20)12-24-18-8-4-3-7-17(18)23-11-13;1-17(2)18(3,4)24-12-14(20)10-22-16-8-6-5-7-15(16)21-9-13(19)11-23-17;1-17(2)11-20-7-13(18)9-22-15-5-3-4-6-16(15)23-10-14(19)8-21-12-17;17-13-9-19-7-3-4-8-20-10-14(18)12-22-16-6-2-1-5-15(16)21-11-13/h1-2,7-8,17-18,23-24H,3-6,9-16H2;5-8,15-16,20-21H,3-4,9-14H2,1-2H3;1-8,13-14,19-20H,9-12H2;5-8,13-14,19-20H,9-12H2,1-4H3;3-6,13-14,18-19H,7-12H2,1-2H3;1-2,5-6,13-14,17-18H,3-4,7-12H2. The van der Waals surface area contributed by atoms with Gasteiger partial charge in [0.05, 0.1) is 115 Å². The lowest BCUT2D eigenvalue weighted by atomic mass is 9.79. The first-order valence-corrected chi connectivity index (χ1v) is 51.0. The molecule has 6 aliphatic heterocycles. The second-order valence-electron chi connectivity index (χ2n) is 39.3. The minimum absolute atomic E-state index is 0.0615. The van der Waals surface area contributed by atoms with Gasteiger partial charge in [-0.3, -0.25) is 0 Å². The van der Waals surface area contributed by atoms with E-state index in [1.165, 1.54) is 0 Å². The van der Waals surface area contributed by atoms with E-state index in [1.807, 2.05) is 126 Å². The average Bonchev–Trinajstić information content (AvgIpc) is 1.60. The Morgan fingerprint density at radius 3 is 0.541 bits per heavy atom. The highest BCUT2D eigenvalue weighted by molar-refractivity contribution is 5.44. The van der Waals surface area contributed by atoms with Crippen LogP contribution in [0.15, 0.2) is 170 Å². The molecule has 0 radical (unpaired) electrons. The van der Waals surface area contributed by atoms with Gasteiger partial charge in [-0.15, -0.1) is 0 Å². The molecule has 0 amide bonds. The summed E-state index contributed by atoms with van der Waals surface area (Å²) >= 11 is 0. The summed E-state index contributed by atoms with van der Waals surface area (Å²) in [6.45, 7) is 22.2. The van der Waals surface area contributed by atoms with E-state index < -0.39 is 84.4 Å². The summed E-state index contributed by atoms with van der Waals surface area (Å²) in [6.07, 6.45) is 2.79. The first-order chi connectivity index (χ1) is 70.4. The molecule has 2 aliphatic carbocycles. The molecule has 36 nitrogen and oxygen atoms in total. The van der Waals surface area contributed by atoms with E-state index >= 15 is 0 Å². The van der Waals surface area contributed by atoms with Crippen LogP contribution in [0.3, 0.4) is 0 Å². The first kappa shape index (κ1) is 119. The van der Waals surface area contributed by atoms with Crippen LogP contribution >= 0.6 is 0 Å². The number of aliphatic hydroxyl groups excluding tert-OH is 12. The van der Waals surface area contributed by atoms with E-state index in [4.69, 9.17) is 114 Å². The Hall–Kier alpha value is -9.14. The minimum Gasteiger partial charge on any atom is -0.487 e. The molecule has 10 atom stereocenters. The molecule has 10 unspecified atom stereocenters. The lowest BCUT2D eigenvalue weighted by Gasteiger charge is -2.47. The molecule has 0 bridgehead atoms. The van der Waals surface area contributed by atoms with Gasteiger partial charge in [-0.25, -0.2) is 0 Å². The monoisotopic (exact) mass is 2060 g/mol. The summed E-state index contributed by atoms with van der Waals surface area (Å²) in [5, 5.41) is 121. The Bertz CT molecular complexity index is 4390. The Morgan fingerprint density at radius 1 is 0.199 bits per heavy atom. The number of para-hydroxylation sites is 14. The molecule has 816 valence electrons. The normalized spacial score (nSPS) is 26.4. The van der Waals surface area contributed by atoms with Crippen LogP contribution in [0.2, 0.25) is 0 Å². The van der Waals surface area contributed by atoms with E-state index in [0.29, 0.717) is 120 Å². The number of fused-ring (bicyclic) bond motifs is 8. The fourth-order valence-corrected chi connectivity index (χ4v) is 16.2. The zero-order chi connectivity index (χ0) is 104. The fraction of sp³-hybridized carbons (Fsp3) is 0.618. The van der Waals surface area contributed by atoms with Crippen LogP contribution in [0, 0.1) is 10.8 Å². The van der Waals surface area contributed by atoms with Gasteiger partial charge < -0.3 is 175 Å². The van der Waals surface area contributed by atoms with Crippen molar-refractivity contribution < 1.29 is 175 Å². The third-order valence-electron chi connectivity index (χ3n) is 25.5. The van der Waals surface area contributed by atoms with Crippen LogP contribution in [0.25, 0.3) is 0 Å². The summed E-state index contributed by atoms with van der Waals surface area (Å²) in [6, 6.07) is 50.2. The maximum atomic E-state index is 10.5. The van der Waals surface area contributed by atoms with Gasteiger partial charge >= 0.3 is 0 Å². The van der Waals surface area contributed by atoms with Gasteiger partial charge in [0.1, 0.15) is 166 Å². The Kier molecular flexibility index (Phi) is 50.8.